The highest BCUT2D eigenvalue weighted by Crippen LogP contribution is 2.16. The van der Waals surface area contributed by atoms with Gasteiger partial charge in [-0.1, -0.05) is 38.1 Å². The fraction of sp³-hybridized carbons (Fsp3) is 0.435. The van der Waals surface area contributed by atoms with Gasteiger partial charge >= 0.3 is 0 Å². The molecular formula is C23H31NO3. The molecule has 146 valence electrons. The van der Waals surface area contributed by atoms with Gasteiger partial charge < -0.3 is 14.8 Å². The third-order valence-corrected chi connectivity index (χ3v) is 4.45. The molecule has 2 aromatic rings. The van der Waals surface area contributed by atoms with E-state index >= 15 is 0 Å². The molecule has 27 heavy (non-hydrogen) atoms. The lowest BCUT2D eigenvalue weighted by Gasteiger charge is -2.17. The molecule has 2 aromatic carbocycles. The Morgan fingerprint density at radius 1 is 0.926 bits per heavy atom. The van der Waals surface area contributed by atoms with Crippen LogP contribution in [0.3, 0.4) is 0 Å². The third-order valence-electron chi connectivity index (χ3n) is 4.45. The monoisotopic (exact) mass is 369 g/mol. The third kappa shape index (κ3) is 6.97. The normalized spacial score (nSPS) is 11.7. The van der Waals surface area contributed by atoms with E-state index in [1.54, 1.807) is 0 Å². The zero-order chi connectivity index (χ0) is 19.5. The van der Waals surface area contributed by atoms with E-state index < -0.39 is 6.10 Å². The van der Waals surface area contributed by atoms with Crippen molar-refractivity contribution in [1.82, 2.24) is 5.32 Å². The van der Waals surface area contributed by atoms with Crippen LogP contribution in [0.15, 0.2) is 48.5 Å². The Morgan fingerprint density at radius 2 is 1.56 bits per heavy atom. The van der Waals surface area contributed by atoms with Crippen molar-refractivity contribution in [2.75, 3.05) is 13.2 Å². The fourth-order valence-corrected chi connectivity index (χ4v) is 2.83. The Kier molecular flexibility index (Phi) is 8.69. The van der Waals surface area contributed by atoms with Gasteiger partial charge in [0.15, 0.2) is 6.10 Å². The molecule has 1 amide bonds. The molecule has 4 heteroatoms. The first-order chi connectivity index (χ1) is 13.2. The number of benzene rings is 2. The molecule has 0 saturated carbocycles. The van der Waals surface area contributed by atoms with E-state index in [0.717, 1.165) is 30.8 Å². The molecular weight excluding hydrogens is 338 g/mol. The Labute approximate surface area is 162 Å². The van der Waals surface area contributed by atoms with Crippen LogP contribution in [-0.4, -0.2) is 25.2 Å². The Morgan fingerprint density at radius 3 is 2.15 bits per heavy atom. The molecule has 2 rings (SSSR count). The summed E-state index contributed by atoms with van der Waals surface area (Å²) in [5.41, 5.74) is 2.50. The molecule has 1 N–H and O–H groups in total. The summed E-state index contributed by atoms with van der Waals surface area (Å²) in [6.45, 7) is 7.37. The molecule has 1 atom stereocenters. The van der Waals surface area contributed by atoms with E-state index in [0.29, 0.717) is 19.6 Å². The van der Waals surface area contributed by atoms with Crippen molar-refractivity contribution < 1.29 is 14.3 Å². The van der Waals surface area contributed by atoms with Crippen molar-refractivity contribution in [2.45, 2.75) is 52.6 Å². The number of carbonyl (C=O) groups excluding carboxylic acids is 1. The predicted octanol–water partition coefficient (Wildman–Crippen LogP) is 4.55. The number of amides is 1. The highest BCUT2D eigenvalue weighted by Gasteiger charge is 2.17. The van der Waals surface area contributed by atoms with Crippen LogP contribution in [0.4, 0.5) is 0 Å². The smallest absolute Gasteiger partial charge is 0.261 e. The lowest BCUT2D eigenvalue weighted by atomic mass is 10.1. The first-order valence-electron chi connectivity index (χ1n) is 9.91. The number of hydrogen-bond acceptors (Lipinski definition) is 3. The van der Waals surface area contributed by atoms with Crippen molar-refractivity contribution in [3.8, 4) is 11.5 Å². The van der Waals surface area contributed by atoms with Crippen LogP contribution in [0, 0.1) is 0 Å². The molecule has 0 spiro atoms. The average molecular weight is 370 g/mol. The summed E-state index contributed by atoms with van der Waals surface area (Å²) in [4.78, 5) is 12.4. The van der Waals surface area contributed by atoms with Crippen molar-refractivity contribution in [3.63, 3.8) is 0 Å². The van der Waals surface area contributed by atoms with Crippen molar-refractivity contribution in [2.24, 2.45) is 0 Å². The van der Waals surface area contributed by atoms with Gasteiger partial charge in [0.05, 0.1) is 6.61 Å². The number of ether oxygens (including phenoxy) is 2. The van der Waals surface area contributed by atoms with Crippen LogP contribution in [0.1, 0.15) is 44.7 Å². The summed E-state index contributed by atoms with van der Waals surface area (Å²) in [7, 11) is 0. The number of nitrogens with one attached hydrogen (secondary N) is 1. The molecule has 0 aliphatic rings. The van der Waals surface area contributed by atoms with E-state index in [2.05, 4.69) is 24.4 Å². The van der Waals surface area contributed by atoms with Crippen LogP contribution in [0.5, 0.6) is 11.5 Å². The van der Waals surface area contributed by atoms with Crippen LogP contribution < -0.4 is 14.8 Å². The van der Waals surface area contributed by atoms with Gasteiger partial charge in [-0.3, -0.25) is 4.79 Å². The second-order valence-electron chi connectivity index (χ2n) is 6.48. The summed E-state index contributed by atoms with van der Waals surface area (Å²) in [6.07, 6.45) is 2.99. The highest BCUT2D eigenvalue weighted by molar-refractivity contribution is 5.81. The average Bonchev–Trinajstić information content (AvgIpc) is 2.71. The fourth-order valence-electron chi connectivity index (χ4n) is 2.83. The zero-order valence-corrected chi connectivity index (χ0v) is 16.7. The SMILES string of the molecule is CCOc1ccc(CCCNC(=O)C(CC)Oc2ccc(CC)cc2)cc1. The maximum Gasteiger partial charge on any atom is 0.261 e. The maximum absolute atomic E-state index is 12.4. The second-order valence-corrected chi connectivity index (χ2v) is 6.48. The molecule has 0 fully saturated rings. The molecule has 0 aliphatic heterocycles. The minimum absolute atomic E-state index is 0.0521. The van der Waals surface area contributed by atoms with Crippen LogP contribution in [-0.2, 0) is 17.6 Å². The maximum atomic E-state index is 12.4. The van der Waals surface area contributed by atoms with E-state index in [4.69, 9.17) is 9.47 Å². The minimum Gasteiger partial charge on any atom is -0.494 e. The van der Waals surface area contributed by atoms with Gasteiger partial charge in [0.2, 0.25) is 0 Å². The molecule has 0 bridgehead atoms. The molecule has 0 heterocycles. The Balaban J connectivity index is 1.73. The van der Waals surface area contributed by atoms with Crippen LogP contribution in [0.25, 0.3) is 0 Å². The molecule has 1 unspecified atom stereocenters. The van der Waals surface area contributed by atoms with Crippen LogP contribution in [0.2, 0.25) is 0 Å². The topological polar surface area (TPSA) is 47.6 Å². The largest absolute Gasteiger partial charge is 0.494 e. The standard InChI is InChI=1S/C23H31NO3/c1-4-18-9-15-21(16-10-18)27-22(5-2)23(25)24-17-7-8-19-11-13-20(14-12-19)26-6-3/h9-16,22H,4-8,17H2,1-3H3,(H,24,25). The van der Waals surface area contributed by atoms with Crippen molar-refractivity contribution in [3.05, 3.63) is 59.7 Å². The quantitative estimate of drug-likeness (QED) is 0.591. The lowest BCUT2D eigenvalue weighted by Crippen LogP contribution is -2.38. The molecule has 0 saturated heterocycles. The Bertz CT molecular complexity index is 680. The van der Waals surface area contributed by atoms with Gasteiger partial charge in [0.25, 0.3) is 5.91 Å². The summed E-state index contributed by atoms with van der Waals surface area (Å²) < 4.78 is 11.3. The number of hydrogen-bond donors (Lipinski definition) is 1. The van der Waals surface area contributed by atoms with Gasteiger partial charge in [-0.2, -0.15) is 0 Å². The molecule has 0 aromatic heterocycles. The van der Waals surface area contributed by atoms with Gasteiger partial charge in [0.1, 0.15) is 11.5 Å². The molecule has 0 aliphatic carbocycles. The predicted molar refractivity (Wildman–Crippen MR) is 109 cm³/mol. The molecule has 4 nitrogen and oxygen atoms in total. The highest BCUT2D eigenvalue weighted by atomic mass is 16.5. The van der Waals surface area contributed by atoms with Crippen molar-refractivity contribution >= 4 is 5.91 Å². The number of rotatable bonds is 11. The van der Waals surface area contributed by atoms with E-state index in [1.807, 2.05) is 50.2 Å². The lowest BCUT2D eigenvalue weighted by molar-refractivity contribution is -0.128. The van der Waals surface area contributed by atoms with Crippen molar-refractivity contribution in [1.29, 1.82) is 0 Å². The van der Waals surface area contributed by atoms with E-state index in [9.17, 15) is 4.79 Å². The number of aryl methyl sites for hydroxylation is 2. The van der Waals surface area contributed by atoms with Crippen LogP contribution >= 0.6 is 0 Å². The summed E-state index contributed by atoms with van der Waals surface area (Å²) >= 11 is 0. The van der Waals surface area contributed by atoms with Gasteiger partial charge in [-0.05, 0) is 68.0 Å². The zero-order valence-electron chi connectivity index (χ0n) is 16.7. The Hall–Kier alpha value is -2.49. The second kappa shape index (κ2) is 11.3. The summed E-state index contributed by atoms with van der Waals surface area (Å²) in [6, 6.07) is 16.1. The number of carbonyl (C=O) groups is 1. The summed E-state index contributed by atoms with van der Waals surface area (Å²) in [5, 5.41) is 2.99. The van der Waals surface area contributed by atoms with Gasteiger partial charge in [-0.15, -0.1) is 0 Å². The first kappa shape index (κ1) is 20.8. The first-order valence-corrected chi connectivity index (χ1v) is 9.91. The summed E-state index contributed by atoms with van der Waals surface area (Å²) in [5.74, 6) is 1.58. The van der Waals surface area contributed by atoms with Gasteiger partial charge in [-0.25, -0.2) is 0 Å². The van der Waals surface area contributed by atoms with E-state index in [1.165, 1.54) is 11.1 Å². The molecule has 0 radical (unpaired) electrons. The minimum atomic E-state index is -0.456. The van der Waals surface area contributed by atoms with Gasteiger partial charge in [0, 0.05) is 6.54 Å². The van der Waals surface area contributed by atoms with E-state index in [-0.39, 0.29) is 5.91 Å².